The van der Waals surface area contributed by atoms with Crippen molar-refractivity contribution < 1.29 is 14.6 Å². The minimum atomic E-state index is -0.397. The molecule has 0 radical (unpaired) electrons. The Hall–Kier alpha value is -0.650. The maximum Gasteiger partial charge on any atom is 0.223 e. The van der Waals surface area contributed by atoms with Crippen molar-refractivity contribution in [2.24, 2.45) is 5.92 Å². The Bertz CT molecular complexity index is 295. The van der Waals surface area contributed by atoms with E-state index in [1.807, 2.05) is 0 Å². The fraction of sp³-hybridized carbons (Fsp3) is 0.929. The van der Waals surface area contributed by atoms with Crippen LogP contribution in [0.2, 0.25) is 0 Å². The van der Waals surface area contributed by atoms with Crippen LogP contribution in [0.25, 0.3) is 0 Å². The molecule has 5 nitrogen and oxygen atoms in total. The van der Waals surface area contributed by atoms with Gasteiger partial charge in [0.15, 0.2) is 0 Å². The number of aliphatic hydroxyl groups excluding tert-OH is 1. The average Bonchev–Trinajstić information content (AvgIpc) is 2.43. The molecule has 0 bridgehead atoms. The third kappa shape index (κ3) is 4.16. The van der Waals surface area contributed by atoms with Gasteiger partial charge in [0.2, 0.25) is 5.91 Å². The van der Waals surface area contributed by atoms with Crippen LogP contribution in [-0.2, 0) is 9.53 Å². The van der Waals surface area contributed by atoms with E-state index in [4.69, 9.17) is 4.74 Å². The van der Waals surface area contributed by atoms with Crippen molar-refractivity contribution in [2.45, 2.75) is 50.7 Å². The summed E-state index contributed by atoms with van der Waals surface area (Å²) in [7, 11) is 0. The van der Waals surface area contributed by atoms with E-state index in [2.05, 4.69) is 17.6 Å². The molecule has 1 heterocycles. The number of carbonyl (C=O) groups is 1. The van der Waals surface area contributed by atoms with E-state index < -0.39 is 5.54 Å². The summed E-state index contributed by atoms with van der Waals surface area (Å²) in [4.78, 5) is 12.1. The summed E-state index contributed by atoms with van der Waals surface area (Å²) in [5.74, 6) is 0.694. The first-order valence-electron chi connectivity index (χ1n) is 7.38. The Morgan fingerprint density at radius 2 is 2.21 bits per heavy atom. The van der Waals surface area contributed by atoms with Gasteiger partial charge in [0.05, 0.1) is 31.3 Å². The molecule has 1 saturated heterocycles. The summed E-state index contributed by atoms with van der Waals surface area (Å²) in [5, 5.41) is 15.9. The van der Waals surface area contributed by atoms with Gasteiger partial charge in [-0.2, -0.15) is 0 Å². The second kappa shape index (κ2) is 6.68. The lowest BCUT2D eigenvalue weighted by molar-refractivity contribution is -0.127. The zero-order chi connectivity index (χ0) is 13.7. The van der Waals surface area contributed by atoms with E-state index in [9.17, 15) is 9.90 Å². The molecule has 0 spiro atoms. The van der Waals surface area contributed by atoms with Crippen LogP contribution in [0.4, 0.5) is 0 Å². The molecule has 1 saturated carbocycles. The smallest absolute Gasteiger partial charge is 0.223 e. The Balaban J connectivity index is 1.82. The van der Waals surface area contributed by atoms with Gasteiger partial charge < -0.3 is 20.5 Å². The van der Waals surface area contributed by atoms with Gasteiger partial charge in [-0.1, -0.05) is 6.92 Å². The quantitative estimate of drug-likeness (QED) is 0.692. The van der Waals surface area contributed by atoms with Gasteiger partial charge in [0.25, 0.3) is 0 Å². The number of rotatable bonds is 4. The van der Waals surface area contributed by atoms with E-state index in [0.717, 1.165) is 38.8 Å². The van der Waals surface area contributed by atoms with Crippen LogP contribution in [0, 0.1) is 5.92 Å². The second-order valence-electron chi connectivity index (χ2n) is 6.07. The standard InChI is InChI=1S/C14H26N2O3/c1-11-2-4-14(10-17,5-3-11)16-13(18)8-12-9-15-6-7-19-12/h11-12,15,17H,2-10H2,1H3,(H,16,18). The summed E-state index contributed by atoms with van der Waals surface area (Å²) in [6, 6.07) is 0. The number of aliphatic hydroxyl groups is 1. The van der Waals surface area contributed by atoms with Gasteiger partial charge in [-0.15, -0.1) is 0 Å². The van der Waals surface area contributed by atoms with Gasteiger partial charge >= 0.3 is 0 Å². The lowest BCUT2D eigenvalue weighted by Crippen LogP contribution is -2.54. The molecule has 110 valence electrons. The van der Waals surface area contributed by atoms with E-state index >= 15 is 0 Å². The number of carbonyl (C=O) groups excluding carboxylic acids is 1. The van der Waals surface area contributed by atoms with Gasteiger partial charge in [-0.25, -0.2) is 0 Å². The van der Waals surface area contributed by atoms with Gasteiger partial charge in [0.1, 0.15) is 0 Å². The number of ether oxygens (including phenoxy) is 1. The Labute approximate surface area is 115 Å². The van der Waals surface area contributed by atoms with Crippen molar-refractivity contribution in [3.63, 3.8) is 0 Å². The highest BCUT2D eigenvalue weighted by Crippen LogP contribution is 2.31. The zero-order valence-corrected chi connectivity index (χ0v) is 11.8. The fourth-order valence-electron chi connectivity index (χ4n) is 2.94. The molecule has 1 aliphatic carbocycles. The maximum atomic E-state index is 12.1. The molecule has 1 atom stereocenters. The SMILES string of the molecule is CC1CCC(CO)(NC(=O)CC2CNCCO2)CC1. The van der Waals surface area contributed by atoms with Crippen molar-refractivity contribution in [1.82, 2.24) is 10.6 Å². The van der Waals surface area contributed by atoms with Crippen molar-refractivity contribution >= 4 is 5.91 Å². The van der Waals surface area contributed by atoms with Crippen molar-refractivity contribution in [1.29, 1.82) is 0 Å². The minimum absolute atomic E-state index is 0.00250. The fourth-order valence-corrected chi connectivity index (χ4v) is 2.94. The second-order valence-corrected chi connectivity index (χ2v) is 6.07. The molecule has 0 aromatic carbocycles. The van der Waals surface area contributed by atoms with Crippen LogP contribution in [-0.4, -0.2) is 49.0 Å². The highest BCUT2D eigenvalue weighted by Gasteiger charge is 2.35. The van der Waals surface area contributed by atoms with Gasteiger partial charge in [-0.05, 0) is 31.6 Å². The normalized spacial score (nSPS) is 35.9. The molecule has 0 aromatic rings. The van der Waals surface area contributed by atoms with E-state index in [1.54, 1.807) is 0 Å². The molecular formula is C14H26N2O3. The van der Waals surface area contributed by atoms with Crippen LogP contribution in [0.1, 0.15) is 39.0 Å². The lowest BCUT2D eigenvalue weighted by Gasteiger charge is -2.39. The molecule has 2 rings (SSSR count). The predicted octanol–water partition coefficient (Wildman–Crippen LogP) is 0.422. The predicted molar refractivity (Wildman–Crippen MR) is 72.8 cm³/mol. The number of hydrogen-bond acceptors (Lipinski definition) is 4. The molecule has 1 aliphatic heterocycles. The third-order valence-corrected chi connectivity index (χ3v) is 4.36. The molecule has 0 aromatic heterocycles. The Morgan fingerprint density at radius 1 is 1.47 bits per heavy atom. The zero-order valence-electron chi connectivity index (χ0n) is 11.8. The first-order valence-corrected chi connectivity index (χ1v) is 7.38. The average molecular weight is 270 g/mol. The van der Waals surface area contributed by atoms with Crippen LogP contribution >= 0.6 is 0 Å². The molecule has 1 unspecified atom stereocenters. The molecule has 3 N–H and O–H groups in total. The van der Waals surface area contributed by atoms with Crippen LogP contribution in [0.15, 0.2) is 0 Å². The first-order chi connectivity index (χ1) is 9.13. The summed E-state index contributed by atoms with van der Waals surface area (Å²) in [5.41, 5.74) is -0.397. The Kier molecular flexibility index (Phi) is 5.19. The van der Waals surface area contributed by atoms with Crippen LogP contribution < -0.4 is 10.6 Å². The topological polar surface area (TPSA) is 70.6 Å². The number of morpholine rings is 1. The van der Waals surface area contributed by atoms with Crippen molar-refractivity contribution in [2.75, 3.05) is 26.3 Å². The summed E-state index contributed by atoms with van der Waals surface area (Å²) < 4.78 is 5.54. The number of amides is 1. The summed E-state index contributed by atoms with van der Waals surface area (Å²) in [6.45, 7) is 4.52. The number of hydrogen-bond donors (Lipinski definition) is 3. The third-order valence-electron chi connectivity index (χ3n) is 4.36. The molecular weight excluding hydrogens is 244 g/mol. The number of nitrogens with one attached hydrogen (secondary N) is 2. The van der Waals surface area contributed by atoms with Crippen molar-refractivity contribution in [3.05, 3.63) is 0 Å². The summed E-state index contributed by atoms with van der Waals surface area (Å²) in [6.07, 6.45) is 4.24. The molecule has 2 fully saturated rings. The lowest BCUT2D eigenvalue weighted by atomic mass is 9.77. The van der Waals surface area contributed by atoms with Gasteiger partial charge in [-0.3, -0.25) is 4.79 Å². The van der Waals surface area contributed by atoms with E-state index in [0.29, 0.717) is 18.9 Å². The molecule has 5 heteroatoms. The molecule has 2 aliphatic rings. The van der Waals surface area contributed by atoms with Crippen molar-refractivity contribution in [3.8, 4) is 0 Å². The van der Waals surface area contributed by atoms with E-state index in [-0.39, 0.29) is 18.6 Å². The maximum absolute atomic E-state index is 12.1. The largest absolute Gasteiger partial charge is 0.394 e. The first kappa shape index (κ1) is 14.8. The monoisotopic (exact) mass is 270 g/mol. The summed E-state index contributed by atoms with van der Waals surface area (Å²) >= 11 is 0. The minimum Gasteiger partial charge on any atom is -0.394 e. The molecule has 1 amide bonds. The molecule has 19 heavy (non-hydrogen) atoms. The Morgan fingerprint density at radius 3 is 2.79 bits per heavy atom. The highest BCUT2D eigenvalue weighted by molar-refractivity contribution is 5.77. The highest BCUT2D eigenvalue weighted by atomic mass is 16.5. The van der Waals surface area contributed by atoms with E-state index in [1.165, 1.54) is 0 Å². The van der Waals surface area contributed by atoms with Gasteiger partial charge in [0, 0.05) is 13.1 Å². The van der Waals surface area contributed by atoms with Crippen LogP contribution in [0.3, 0.4) is 0 Å². The van der Waals surface area contributed by atoms with Crippen LogP contribution in [0.5, 0.6) is 0 Å².